The minimum Gasteiger partial charge on any atom is -0.494 e. The van der Waals surface area contributed by atoms with Crippen molar-refractivity contribution < 1.29 is 9.13 Å². The lowest BCUT2D eigenvalue weighted by Gasteiger charge is -2.39. The second-order valence-electron chi connectivity index (χ2n) is 5.09. The highest BCUT2D eigenvalue weighted by atomic mass is 19.1. The van der Waals surface area contributed by atoms with Crippen LogP contribution in [0.15, 0.2) is 18.2 Å². The highest BCUT2D eigenvalue weighted by Crippen LogP contribution is 2.20. The van der Waals surface area contributed by atoms with Gasteiger partial charge in [0.1, 0.15) is 0 Å². The highest BCUT2D eigenvalue weighted by molar-refractivity contribution is 5.29. The number of halogens is 1. The van der Waals surface area contributed by atoms with E-state index in [9.17, 15) is 4.39 Å². The van der Waals surface area contributed by atoms with Crippen LogP contribution in [0.4, 0.5) is 4.39 Å². The van der Waals surface area contributed by atoms with Crippen LogP contribution in [0.2, 0.25) is 0 Å². The number of hydrogen-bond acceptors (Lipinski definition) is 4. The lowest BCUT2D eigenvalue weighted by atomic mass is 10.1. The average molecular weight is 267 g/mol. The van der Waals surface area contributed by atoms with Crippen LogP contribution >= 0.6 is 0 Å². The van der Waals surface area contributed by atoms with Gasteiger partial charge in [-0.25, -0.2) is 4.39 Å². The van der Waals surface area contributed by atoms with Crippen LogP contribution in [0.3, 0.4) is 0 Å². The predicted molar refractivity (Wildman–Crippen MR) is 73.7 cm³/mol. The number of likely N-dealkylation sites (N-methyl/N-ethyl adjacent to an activating group) is 1. The van der Waals surface area contributed by atoms with E-state index in [4.69, 9.17) is 10.5 Å². The molecule has 2 N–H and O–H groups in total. The molecule has 0 saturated carbocycles. The normalized spacial score (nSPS) is 21.6. The van der Waals surface area contributed by atoms with Gasteiger partial charge in [-0.05, 0) is 24.7 Å². The van der Waals surface area contributed by atoms with Crippen molar-refractivity contribution in [2.75, 3.05) is 40.3 Å². The standard InChI is InChI=1S/C14H22FN3O/c1-17-5-6-18(12(8-16)10-17)9-11-3-4-14(19-2)13(15)7-11/h3-4,7,12H,5-6,8-10,16H2,1-2H3. The average Bonchev–Trinajstić information content (AvgIpc) is 2.41. The molecule has 2 rings (SSSR count). The molecule has 1 unspecified atom stereocenters. The summed E-state index contributed by atoms with van der Waals surface area (Å²) in [5, 5.41) is 0. The number of nitrogens with zero attached hydrogens (tertiary/aromatic N) is 2. The molecule has 19 heavy (non-hydrogen) atoms. The predicted octanol–water partition coefficient (Wildman–Crippen LogP) is 0.909. The summed E-state index contributed by atoms with van der Waals surface area (Å²) in [6.07, 6.45) is 0. The smallest absolute Gasteiger partial charge is 0.165 e. The van der Waals surface area contributed by atoms with E-state index in [1.54, 1.807) is 12.1 Å². The molecule has 0 aliphatic carbocycles. The van der Waals surface area contributed by atoms with Crippen molar-refractivity contribution in [1.82, 2.24) is 9.80 Å². The SMILES string of the molecule is COc1ccc(CN2CCN(C)CC2CN)cc1F. The van der Waals surface area contributed by atoms with Gasteiger partial charge in [0.2, 0.25) is 0 Å². The molecule has 1 heterocycles. The molecule has 1 atom stereocenters. The van der Waals surface area contributed by atoms with E-state index in [0.29, 0.717) is 12.6 Å². The molecule has 1 aliphatic rings. The van der Waals surface area contributed by atoms with E-state index in [2.05, 4.69) is 16.8 Å². The fourth-order valence-electron chi connectivity index (χ4n) is 2.52. The third kappa shape index (κ3) is 3.43. The second-order valence-corrected chi connectivity index (χ2v) is 5.09. The first-order valence-electron chi connectivity index (χ1n) is 6.59. The molecule has 4 nitrogen and oxygen atoms in total. The van der Waals surface area contributed by atoms with Gasteiger partial charge in [0, 0.05) is 38.8 Å². The molecule has 0 aromatic heterocycles. The minimum atomic E-state index is -0.307. The third-order valence-corrected chi connectivity index (χ3v) is 3.68. The summed E-state index contributed by atoms with van der Waals surface area (Å²) in [5.41, 5.74) is 6.78. The van der Waals surface area contributed by atoms with E-state index in [1.807, 2.05) is 6.07 Å². The van der Waals surface area contributed by atoms with Crippen molar-refractivity contribution in [3.63, 3.8) is 0 Å². The molecule has 1 aromatic carbocycles. The van der Waals surface area contributed by atoms with Crippen molar-refractivity contribution >= 4 is 0 Å². The lowest BCUT2D eigenvalue weighted by Crippen LogP contribution is -2.54. The zero-order valence-electron chi connectivity index (χ0n) is 11.6. The quantitative estimate of drug-likeness (QED) is 0.880. The van der Waals surface area contributed by atoms with Gasteiger partial charge < -0.3 is 15.4 Å². The van der Waals surface area contributed by atoms with Gasteiger partial charge in [-0.1, -0.05) is 6.07 Å². The number of nitrogens with two attached hydrogens (primary N) is 1. The number of rotatable bonds is 4. The van der Waals surface area contributed by atoms with Gasteiger partial charge >= 0.3 is 0 Å². The van der Waals surface area contributed by atoms with Crippen molar-refractivity contribution in [2.24, 2.45) is 5.73 Å². The third-order valence-electron chi connectivity index (χ3n) is 3.68. The number of hydrogen-bond donors (Lipinski definition) is 1. The van der Waals surface area contributed by atoms with Crippen molar-refractivity contribution in [3.8, 4) is 5.75 Å². The number of methoxy groups -OCH3 is 1. The van der Waals surface area contributed by atoms with Crippen LogP contribution in [0, 0.1) is 5.82 Å². The Morgan fingerprint density at radius 3 is 2.84 bits per heavy atom. The Kier molecular flexibility index (Phi) is 4.74. The Morgan fingerprint density at radius 2 is 2.21 bits per heavy atom. The molecule has 0 spiro atoms. The summed E-state index contributed by atoms with van der Waals surface area (Å²) in [6, 6.07) is 5.47. The Balaban J connectivity index is 2.05. The summed E-state index contributed by atoms with van der Waals surface area (Å²) in [6.45, 7) is 4.32. The van der Waals surface area contributed by atoms with Crippen molar-refractivity contribution in [3.05, 3.63) is 29.6 Å². The van der Waals surface area contributed by atoms with Crippen LogP contribution in [0.5, 0.6) is 5.75 Å². The van der Waals surface area contributed by atoms with E-state index in [-0.39, 0.29) is 11.6 Å². The molecule has 0 bridgehead atoms. The van der Waals surface area contributed by atoms with Crippen molar-refractivity contribution in [1.29, 1.82) is 0 Å². The van der Waals surface area contributed by atoms with Crippen LogP contribution in [0.25, 0.3) is 0 Å². The topological polar surface area (TPSA) is 41.7 Å². The second kappa shape index (κ2) is 6.32. The molecule has 1 fully saturated rings. The summed E-state index contributed by atoms with van der Waals surface area (Å²) in [7, 11) is 3.58. The first-order chi connectivity index (χ1) is 9.13. The van der Waals surface area contributed by atoms with E-state index in [0.717, 1.165) is 31.7 Å². The Bertz CT molecular complexity index is 427. The van der Waals surface area contributed by atoms with Gasteiger partial charge in [0.15, 0.2) is 11.6 Å². The minimum absolute atomic E-state index is 0.289. The molecule has 1 aromatic rings. The van der Waals surface area contributed by atoms with Gasteiger partial charge in [-0.15, -0.1) is 0 Å². The summed E-state index contributed by atoms with van der Waals surface area (Å²) < 4.78 is 18.6. The Labute approximate surface area is 113 Å². The molecule has 0 radical (unpaired) electrons. The van der Waals surface area contributed by atoms with Crippen LogP contribution in [-0.4, -0.2) is 56.2 Å². The first-order valence-corrected chi connectivity index (χ1v) is 6.59. The van der Waals surface area contributed by atoms with Gasteiger partial charge in [-0.2, -0.15) is 0 Å². The van der Waals surface area contributed by atoms with Gasteiger partial charge in [-0.3, -0.25) is 4.90 Å². The monoisotopic (exact) mass is 267 g/mol. The maximum Gasteiger partial charge on any atom is 0.165 e. The Morgan fingerprint density at radius 1 is 1.42 bits per heavy atom. The molecule has 1 aliphatic heterocycles. The number of benzene rings is 1. The van der Waals surface area contributed by atoms with Crippen LogP contribution < -0.4 is 10.5 Å². The molecular weight excluding hydrogens is 245 g/mol. The highest BCUT2D eigenvalue weighted by Gasteiger charge is 2.24. The van der Waals surface area contributed by atoms with Gasteiger partial charge in [0.05, 0.1) is 7.11 Å². The summed E-state index contributed by atoms with van der Waals surface area (Å²) in [4.78, 5) is 4.60. The Hall–Kier alpha value is -1.17. The fourth-order valence-corrected chi connectivity index (χ4v) is 2.52. The first kappa shape index (κ1) is 14.2. The molecule has 106 valence electrons. The zero-order valence-corrected chi connectivity index (χ0v) is 11.6. The summed E-state index contributed by atoms with van der Waals surface area (Å²) in [5.74, 6) is -0.0177. The molecule has 0 amide bonds. The van der Waals surface area contributed by atoms with Crippen LogP contribution in [0.1, 0.15) is 5.56 Å². The largest absolute Gasteiger partial charge is 0.494 e. The van der Waals surface area contributed by atoms with E-state index in [1.165, 1.54) is 7.11 Å². The molecule has 1 saturated heterocycles. The fraction of sp³-hybridized carbons (Fsp3) is 0.571. The maximum absolute atomic E-state index is 13.7. The number of piperazine rings is 1. The number of ether oxygens (including phenoxy) is 1. The zero-order chi connectivity index (χ0) is 13.8. The van der Waals surface area contributed by atoms with Crippen molar-refractivity contribution in [2.45, 2.75) is 12.6 Å². The van der Waals surface area contributed by atoms with Gasteiger partial charge in [0.25, 0.3) is 0 Å². The van der Waals surface area contributed by atoms with E-state index < -0.39 is 0 Å². The molecule has 5 heteroatoms. The van der Waals surface area contributed by atoms with E-state index >= 15 is 0 Å². The lowest BCUT2D eigenvalue weighted by molar-refractivity contribution is 0.0880. The molecular formula is C14H22FN3O. The maximum atomic E-state index is 13.7. The summed E-state index contributed by atoms with van der Waals surface area (Å²) >= 11 is 0. The van der Waals surface area contributed by atoms with Crippen LogP contribution in [-0.2, 0) is 6.54 Å².